The molecule has 0 amide bonds. The number of ether oxygens (including phenoxy) is 6. The van der Waals surface area contributed by atoms with Gasteiger partial charge in [0.25, 0.3) is 0 Å². The lowest BCUT2D eigenvalue weighted by Gasteiger charge is -2.16. The Hall–Kier alpha value is -5.18. The van der Waals surface area contributed by atoms with Crippen molar-refractivity contribution in [3.63, 3.8) is 0 Å². The summed E-state index contributed by atoms with van der Waals surface area (Å²) in [4.78, 5) is 25.7. The molecular formula is C38H36O8. The van der Waals surface area contributed by atoms with E-state index in [9.17, 15) is 9.59 Å². The zero-order valence-corrected chi connectivity index (χ0v) is 25.5. The molecule has 0 saturated heterocycles. The molecular weight excluding hydrogens is 584 g/mol. The minimum absolute atomic E-state index is 0.149. The Morgan fingerprint density at radius 3 is 1.20 bits per heavy atom. The molecule has 0 aromatic heterocycles. The Balaban J connectivity index is 1.20. The van der Waals surface area contributed by atoms with E-state index in [0.29, 0.717) is 47.3 Å². The van der Waals surface area contributed by atoms with Crippen molar-refractivity contribution < 1.29 is 38.0 Å². The fourth-order valence-corrected chi connectivity index (χ4v) is 4.50. The van der Waals surface area contributed by atoms with E-state index in [4.69, 9.17) is 28.4 Å². The number of fused-ring (bicyclic) bond motifs is 2. The molecule has 0 bridgehead atoms. The topological polar surface area (TPSA) is 89.5 Å². The first-order valence-corrected chi connectivity index (χ1v) is 15.2. The summed E-state index contributed by atoms with van der Waals surface area (Å²) in [5, 5.41) is 0. The smallest absolute Gasteiger partial charge is 0.185 e. The number of ketones is 2. The lowest BCUT2D eigenvalue weighted by atomic mass is 10.1. The van der Waals surface area contributed by atoms with Crippen LogP contribution in [0.5, 0.6) is 23.0 Å². The van der Waals surface area contributed by atoms with Crippen molar-refractivity contribution in [1.82, 2.24) is 0 Å². The molecule has 0 radical (unpaired) electrons. The summed E-state index contributed by atoms with van der Waals surface area (Å²) in [6.07, 6.45) is 6.63. The number of benzene rings is 4. The molecule has 0 aliphatic carbocycles. The zero-order valence-electron chi connectivity index (χ0n) is 25.5. The molecule has 0 spiro atoms. The molecule has 0 unspecified atom stereocenters. The quantitative estimate of drug-likeness (QED) is 0.173. The molecule has 5 rings (SSSR count). The molecule has 0 saturated carbocycles. The number of carbonyl (C=O) groups excluding carboxylic acids is 2. The molecule has 0 fully saturated rings. The zero-order chi connectivity index (χ0) is 31.8. The maximum Gasteiger partial charge on any atom is 0.185 e. The Labute approximate surface area is 268 Å². The van der Waals surface area contributed by atoms with Crippen LogP contribution in [-0.2, 0) is 9.47 Å². The molecule has 46 heavy (non-hydrogen) atoms. The van der Waals surface area contributed by atoms with Gasteiger partial charge in [0, 0.05) is 11.1 Å². The molecule has 4 aromatic carbocycles. The van der Waals surface area contributed by atoms with Crippen LogP contribution in [0.1, 0.15) is 31.8 Å². The van der Waals surface area contributed by atoms with Crippen LogP contribution < -0.4 is 18.9 Å². The second-order valence-corrected chi connectivity index (χ2v) is 10.2. The summed E-state index contributed by atoms with van der Waals surface area (Å²) in [7, 11) is 0. The Morgan fingerprint density at radius 2 is 0.804 bits per heavy atom. The SMILES string of the molecule is O=C(/C=C/c1ccccc1)c1ccc2c(c1)OCCOCCOc1cc(C(=O)/C=C/c3ccccc3)ccc1OCCOCCO2. The van der Waals surface area contributed by atoms with Crippen molar-refractivity contribution in [2.45, 2.75) is 0 Å². The van der Waals surface area contributed by atoms with Gasteiger partial charge < -0.3 is 28.4 Å². The van der Waals surface area contributed by atoms with Crippen LogP contribution in [0.4, 0.5) is 0 Å². The first-order valence-electron chi connectivity index (χ1n) is 15.2. The van der Waals surface area contributed by atoms with Crippen LogP contribution in [0.3, 0.4) is 0 Å². The van der Waals surface area contributed by atoms with E-state index in [2.05, 4.69) is 0 Å². The highest BCUT2D eigenvalue weighted by molar-refractivity contribution is 6.07. The summed E-state index contributed by atoms with van der Waals surface area (Å²) < 4.78 is 35.2. The van der Waals surface area contributed by atoms with E-state index >= 15 is 0 Å². The van der Waals surface area contributed by atoms with Gasteiger partial charge >= 0.3 is 0 Å². The van der Waals surface area contributed by atoms with Crippen LogP contribution in [0, 0.1) is 0 Å². The van der Waals surface area contributed by atoms with Crippen LogP contribution in [0.15, 0.2) is 109 Å². The summed E-state index contributed by atoms with van der Waals surface area (Å²) in [6, 6.07) is 29.5. The van der Waals surface area contributed by atoms with E-state index in [-0.39, 0.29) is 51.2 Å². The van der Waals surface area contributed by atoms with Gasteiger partial charge in [-0.2, -0.15) is 0 Å². The van der Waals surface area contributed by atoms with Gasteiger partial charge in [0.05, 0.1) is 26.4 Å². The molecule has 1 aliphatic heterocycles. The number of hydrogen-bond acceptors (Lipinski definition) is 8. The average molecular weight is 621 g/mol. The third-order valence-corrected chi connectivity index (χ3v) is 6.85. The standard InChI is InChI=1S/C38H36O8/c39-33(15-11-29-7-3-1-4-8-29)31-13-17-35-37(27-31)45-25-21-42-22-26-46-38-28-32(34(40)16-12-30-9-5-2-6-10-30)14-18-36(38)44-24-20-41-19-23-43-35/h1-18,27-28H,19-26H2/b15-11+,16-12+. The van der Waals surface area contributed by atoms with Crippen LogP contribution in [0.25, 0.3) is 12.2 Å². The average Bonchev–Trinajstić information content (AvgIpc) is 3.10. The van der Waals surface area contributed by atoms with Gasteiger partial charge in [-0.05, 0) is 59.7 Å². The lowest BCUT2D eigenvalue weighted by Crippen LogP contribution is -2.15. The third-order valence-electron chi connectivity index (χ3n) is 6.85. The second kappa shape index (κ2) is 17.3. The summed E-state index contributed by atoms with van der Waals surface area (Å²) in [6.45, 7) is 2.21. The third kappa shape index (κ3) is 9.92. The maximum atomic E-state index is 12.9. The van der Waals surface area contributed by atoms with Crippen LogP contribution in [0.2, 0.25) is 0 Å². The molecule has 1 aliphatic rings. The van der Waals surface area contributed by atoms with Gasteiger partial charge in [-0.25, -0.2) is 0 Å². The highest BCUT2D eigenvalue weighted by atomic mass is 16.6. The highest BCUT2D eigenvalue weighted by Crippen LogP contribution is 2.30. The second-order valence-electron chi connectivity index (χ2n) is 10.2. The van der Waals surface area contributed by atoms with E-state index in [1.807, 2.05) is 60.7 Å². The highest BCUT2D eigenvalue weighted by Gasteiger charge is 2.13. The van der Waals surface area contributed by atoms with Gasteiger partial charge in [-0.3, -0.25) is 9.59 Å². The number of hydrogen-bond donors (Lipinski definition) is 0. The fourth-order valence-electron chi connectivity index (χ4n) is 4.50. The van der Waals surface area contributed by atoms with Gasteiger partial charge in [0.1, 0.15) is 26.4 Å². The maximum absolute atomic E-state index is 12.9. The van der Waals surface area contributed by atoms with E-state index in [0.717, 1.165) is 11.1 Å². The predicted octanol–water partition coefficient (Wildman–Crippen LogP) is 6.74. The summed E-state index contributed by atoms with van der Waals surface area (Å²) >= 11 is 0. The first-order chi connectivity index (χ1) is 22.7. The summed E-state index contributed by atoms with van der Waals surface area (Å²) in [5.74, 6) is 1.59. The summed E-state index contributed by atoms with van der Waals surface area (Å²) in [5.41, 5.74) is 2.83. The van der Waals surface area contributed by atoms with Gasteiger partial charge in [0.2, 0.25) is 0 Å². The van der Waals surface area contributed by atoms with Crippen LogP contribution >= 0.6 is 0 Å². The Kier molecular flexibility index (Phi) is 12.1. The van der Waals surface area contributed by atoms with Gasteiger partial charge in [0.15, 0.2) is 34.6 Å². The fraction of sp³-hybridized carbons (Fsp3) is 0.211. The molecule has 0 N–H and O–H groups in total. The lowest BCUT2D eigenvalue weighted by molar-refractivity contribution is 0.0639. The Bertz CT molecular complexity index is 1510. The van der Waals surface area contributed by atoms with E-state index in [1.54, 1.807) is 48.6 Å². The van der Waals surface area contributed by atoms with Crippen LogP contribution in [-0.4, -0.2) is 64.4 Å². The molecule has 8 nitrogen and oxygen atoms in total. The van der Waals surface area contributed by atoms with Gasteiger partial charge in [-0.15, -0.1) is 0 Å². The normalized spacial score (nSPS) is 14.8. The molecule has 236 valence electrons. The van der Waals surface area contributed by atoms with Crippen molar-refractivity contribution in [2.75, 3.05) is 52.9 Å². The number of carbonyl (C=O) groups is 2. The van der Waals surface area contributed by atoms with Gasteiger partial charge in [-0.1, -0.05) is 72.8 Å². The molecule has 0 atom stereocenters. The first kappa shape index (κ1) is 32.2. The monoisotopic (exact) mass is 620 g/mol. The van der Waals surface area contributed by atoms with Crippen molar-refractivity contribution in [3.8, 4) is 23.0 Å². The molecule has 8 heteroatoms. The van der Waals surface area contributed by atoms with E-state index < -0.39 is 0 Å². The number of rotatable bonds is 6. The van der Waals surface area contributed by atoms with Crippen molar-refractivity contribution in [2.24, 2.45) is 0 Å². The van der Waals surface area contributed by atoms with Crippen molar-refractivity contribution >= 4 is 23.7 Å². The van der Waals surface area contributed by atoms with Crippen molar-refractivity contribution in [1.29, 1.82) is 0 Å². The molecule has 4 aromatic rings. The minimum Gasteiger partial charge on any atom is -0.487 e. The predicted molar refractivity (Wildman–Crippen MR) is 176 cm³/mol. The number of allylic oxidation sites excluding steroid dienone is 2. The molecule has 1 heterocycles. The minimum atomic E-state index is -0.149. The largest absolute Gasteiger partial charge is 0.487 e. The Morgan fingerprint density at radius 1 is 0.435 bits per heavy atom. The van der Waals surface area contributed by atoms with E-state index in [1.165, 1.54) is 12.2 Å². The van der Waals surface area contributed by atoms with Crippen molar-refractivity contribution in [3.05, 3.63) is 131 Å².